The van der Waals surface area contributed by atoms with E-state index in [0.29, 0.717) is 5.69 Å². The van der Waals surface area contributed by atoms with Crippen molar-refractivity contribution in [2.75, 3.05) is 5.73 Å². The van der Waals surface area contributed by atoms with Crippen LogP contribution in [-0.2, 0) is 0 Å². The van der Waals surface area contributed by atoms with Gasteiger partial charge in [0.15, 0.2) is 0 Å². The highest BCUT2D eigenvalue weighted by molar-refractivity contribution is 5.80. The molecular weight excluding hydrogens is 304 g/mol. The lowest BCUT2D eigenvalue weighted by molar-refractivity contribution is 0.475. The van der Waals surface area contributed by atoms with Crippen molar-refractivity contribution in [3.8, 4) is 28.1 Å². The van der Waals surface area contributed by atoms with Crippen molar-refractivity contribution in [2.24, 2.45) is 0 Å². The van der Waals surface area contributed by atoms with Gasteiger partial charge >= 0.3 is 0 Å². The summed E-state index contributed by atoms with van der Waals surface area (Å²) in [5.41, 5.74) is 8.55. The summed E-state index contributed by atoms with van der Waals surface area (Å²) in [6.45, 7) is 3.89. The minimum Gasteiger partial charge on any atom is -0.508 e. The molecule has 2 aromatic heterocycles. The van der Waals surface area contributed by atoms with Crippen molar-refractivity contribution < 1.29 is 5.11 Å². The first-order valence-electron chi connectivity index (χ1n) is 7.60. The molecule has 0 radical (unpaired) electrons. The number of pyridine rings is 1. The molecule has 3 N–H and O–H groups in total. The summed E-state index contributed by atoms with van der Waals surface area (Å²) in [7, 11) is 0. The molecule has 0 saturated carbocycles. The topological polar surface area (TPSA) is 94.0 Å². The van der Waals surface area contributed by atoms with Crippen molar-refractivity contribution in [1.82, 2.24) is 14.5 Å². The summed E-state index contributed by atoms with van der Waals surface area (Å²) in [6, 6.07) is 10.1. The molecule has 0 bridgehead atoms. The largest absolute Gasteiger partial charge is 0.508 e. The highest BCUT2D eigenvalue weighted by Crippen LogP contribution is 2.31. The fourth-order valence-electron chi connectivity index (χ4n) is 2.55. The second-order valence-corrected chi connectivity index (χ2v) is 5.80. The Morgan fingerprint density at radius 2 is 1.96 bits per heavy atom. The van der Waals surface area contributed by atoms with E-state index in [-0.39, 0.29) is 23.3 Å². The highest BCUT2D eigenvalue weighted by atomic mass is 16.3. The standard InChI is InChI=1S/C18H18N4O2/c1-11(2)22-10-13(6-7-16(22)24)15-9-20-18(19)21-17(15)12-4-3-5-14(23)8-12/h3-11,23H,1-2H3,(H2,19,20,21). The Labute approximate surface area is 139 Å². The van der Waals surface area contributed by atoms with E-state index in [1.54, 1.807) is 41.2 Å². The van der Waals surface area contributed by atoms with E-state index in [1.165, 1.54) is 6.07 Å². The van der Waals surface area contributed by atoms with Crippen LogP contribution in [0.15, 0.2) is 53.6 Å². The Morgan fingerprint density at radius 1 is 1.17 bits per heavy atom. The minimum absolute atomic E-state index is 0.0383. The summed E-state index contributed by atoms with van der Waals surface area (Å²) in [5.74, 6) is 0.289. The average Bonchev–Trinajstić information content (AvgIpc) is 2.55. The first-order chi connectivity index (χ1) is 11.5. The molecule has 122 valence electrons. The van der Waals surface area contributed by atoms with Crippen molar-refractivity contribution in [2.45, 2.75) is 19.9 Å². The third-order valence-electron chi connectivity index (χ3n) is 3.73. The lowest BCUT2D eigenvalue weighted by Gasteiger charge is -2.14. The van der Waals surface area contributed by atoms with Crippen LogP contribution in [0.2, 0.25) is 0 Å². The highest BCUT2D eigenvalue weighted by Gasteiger charge is 2.13. The monoisotopic (exact) mass is 322 g/mol. The molecule has 0 aliphatic rings. The molecule has 3 rings (SSSR count). The smallest absolute Gasteiger partial charge is 0.250 e. The van der Waals surface area contributed by atoms with Crippen LogP contribution in [0.1, 0.15) is 19.9 Å². The quantitative estimate of drug-likeness (QED) is 0.773. The zero-order chi connectivity index (χ0) is 17.3. The molecule has 0 aliphatic carbocycles. The van der Waals surface area contributed by atoms with Crippen LogP contribution in [-0.4, -0.2) is 19.6 Å². The summed E-state index contributed by atoms with van der Waals surface area (Å²) in [6.07, 6.45) is 3.42. The van der Waals surface area contributed by atoms with Crippen LogP contribution in [0.25, 0.3) is 22.4 Å². The summed E-state index contributed by atoms with van der Waals surface area (Å²) >= 11 is 0. The van der Waals surface area contributed by atoms with E-state index in [2.05, 4.69) is 9.97 Å². The maximum Gasteiger partial charge on any atom is 0.250 e. The predicted octanol–water partition coefficient (Wildman–Crippen LogP) is 2.84. The van der Waals surface area contributed by atoms with Gasteiger partial charge < -0.3 is 15.4 Å². The molecule has 3 aromatic rings. The molecular formula is C18H18N4O2. The number of nitrogens with zero attached hydrogens (tertiary/aromatic N) is 3. The zero-order valence-corrected chi connectivity index (χ0v) is 13.5. The number of aromatic nitrogens is 3. The van der Waals surface area contributed by atoms with Gasteiger partial charge in [0.25, 0.3) is 5.56 Å². The number of phenols is 1. The average molecular weight is 322 g/mol. The molecule has 2 heterocycles. The van der Waals surface area contributed by atoms with E-state index in [9.17, 15) is 9.90 Å². The van der Waals surface area contributed by atoms with Gasteiger partial charge in [-0.3, -0.25) is 4.79 Å². The SMILES string of the molecule is CC(C)n1cc(-c2cnc(N)nc2-c2cccc(O)c2)ccc1=O. The number of aromatic hydroxyl groups is 1. The first kappa shape index (κ1) is 15.7. The second-order valence-electron chi connectivity index (χ2n) is 5.80. The van der Waals surface area contributed by atoms with Gasteiger partial charge in [-0.2, -0.15) is 0 Å². The number of phenolic OH excluding ortho intramolecular Hbond substituents is 1. The molecule has 6 nitrogen and oxygen atoms in total. The Balaban J connectivity index is 2.23. The Hall–Kier alpha value is -3.15. The van der Waals surface area contributed by atoms with Gasteiger partial charge in [0.2, 0.25) is 5.95 Å². The molecule has 0 aliphatic heterocycles. The lowest BCUT2D eigenvalue weighted by Crippen LogP contribution is -2.20. The van der Waals surface area contributed by atoms with Crippen molar-refractivity contribution in [3.05, 3.63) is 59.1 Å². The molecule has 6 heteroatoms. The van der Waals surface area contributed by atoms with Crippen molar-refractivity contribution >= 4 is 5.95 Å². The van der Waals surface area contributed by atoms with Gasteiger partial charge in [-0.25, -0.2) is 9.97 Å². The molecule has 1 aromatic carbocycles. The zero-order valence-electron chi connectivity index (χ0n) is 13.5. The van der Waals surface area contributed by atoms with Crippen LogP contribution < -0.4 is 11.3 Å². The molecule has 0 spiro atoms. The number of nitrogens with two attached hydrogens (primary N) is 1. The molecule has 0 fully saturated rings. The number of rotatable bonds is 3. The summed E-state index contributed by atoms with van der Waals surface area (Å²) in [5, 5.41) is 9.74. The van der Waals surface area contributed by atoms with Crippen LogP contribution >= 0.6 is 0 Å². The lowest BCUT2D eigenvalue weighted by atomic mass is 10.0. The molecule has 0 saturated heterocycles. The van der Waals surface area contributed by atoms with E-state index >= 15 is 0 Å². The number of hydrogen-bond donors (Lipinski definition) is 2. The Morgan fingerprint density at radius 3 is 2.67 bits per heavy atom. The fraction of sp³-hybridized carbons (Fsp3) is 0.167. The fourth-order valence-corrected chi connectivity index (χ4v) is 2.55. The first-order valence-corrected chi connectivity index (χ1v) is 7.60. The summed E-state index contributed by atoms with van der Waals surface area (Å²) in [4.78, 5) is 20.4. The van der Waals surface area contributed by atoms with E-state index < -0.39 is 0 Å². The van der Waals surface area contributed by atoms with Crippen LogP contribution in [0.4, 0.5) is 5.95 Å². The predicted molar refractivity (Wildman–Crippen MR) is 93.6 cm³/mol. The minimum atomic E-state index is -0.0657. The van der Waals surface area contributed by atoms with Gasteiger partial charge in [-0.1, -0.05) is 12.1 Å². The second kappa shape index (κ2) is 6.16. The third-order valence-corrected chi connectivity index (χ3v) is 3.73. The van der Waals surface area contributed by atoms with Gasteiger partial charge in [-0.15, -0.1) is 0 Å². The van der Waals surface area contributed by atoms with E-state index in [4.69, 9.17) is 5.73 Å². The van der Waals surface area contributed by atoms with Gasteiger partial charge in [0, 0.05) is 41.2 Å². The molecule has 24 heavy (non-hydrogen) atoms. The van der Waals surface area contributed by atoms with Gasteiger partial charge in [0.1, 0.15) is 5.75 Å². The Bertz CT molecular complexity index is 948. The molecule has 0 atom stereocenters. The third kappa shape index (κ3) is 2.99. The molecule has 0 unspecified atom stereocenters. The van der Waals surface area contributed by atoms with Crippen LogP contribution in [0.3, 0.4) is 0 Å². The number of hydrogen-bond acceptors (Lipinski definition) is 5. The number of anilines is 1. The van der Waals surface area contributed by atoms with Gasteiger partial charge in [-0.05, 0) is 32.0 Å². The van der Waals surface area contributed by atoms with Gasteiger partial charge in [0.05, 0.1) is 5.69 Å². The maximum absolute atomic E-state index is 12.0. The van der Waals surface area contributed by atoms with E-state index in [0.717, 1.165) is 16.7 Å². The van der Waals surface area contributed by atoms with Crippen LogP contribution in [0, 0.1) is 0 Å². The molecule has 0 amide bonds. The van der Waals surface area contributed by atoms with Crippen molar-refractivity contribution in [1.29, 1.82) is 0 Å². The normalized spacial score (nSPS) is 11.0. The van der Waals surface area contributed by atoms with Crippen molar-refractivity contribution in [3.63, 3.8) is 0 Å². The summed E-state index contributed by atoms with van der Waals surface area (Å²) < 4.78 is 1.65. The maximum atomic E-state index is 12.0. The number of benzene rings is 1. The van der Waals surface area contributed by atoms with Crippen LogP contribution in [0.5, 0.6) is 5.75 Å². The number of nitrogen functional groups attached to an aromatic ring is 1. The van der Waals surface area contributed by atoms with E-state index in [1.807, 2.05) is 19.9 Å². The Kier molecular flexibility index (Phi) is 4.04.